The zero-order chi connectivity index (χ0) is 17.1. The molecule has 0 N–H and O–H groups in total. The molecule has 0 bridgehead atoms. The largest absolute Gasteiger partial charge is 0.494 e. The van der Waals surface area contributed by atoms with Crippen LogP contribution in [0, 0.1) is 5.82 Å². The average molecular weight is 329 g/mol. The van der Waals surface area contributed by atoms with Crippen LogP contribution in [0.1, 0.15) is 23.2 Å². The first-order valence-corrected chi connectivity index (χ1v) is 7.94. The van der Waals surface area contributed by atoms with Gasteiger partial charge in [-0.3, -0.25) is 4.79 Å². The van der Waals surface area contributed by atoms with Gasteiger partial charge < -0.3 is 14.5 Å². The number of benzene rings is 1. The minimum Gasteiger partial charge on any atom is -0.494 e. The molecule has 0 saturated carbocycles. The highest BCUT2D eigenvalue weighted by molar-refractivity contribution is 6.07. The minimum atomic E-state index is -0.650. The molecule has 0 radical (unpaired) electrons. The third kappa shape index (κ3) is 2.91. The number of pyridine rings is 1. The zero-order valence-corrected chi connectivity index (χ0v) is 13.8. The Morgan fingerprint density at radius 3 is 2.71 bits per heavy atom. The molecule has 0 spiro atoms. The number of hydrogen-bond donors (Lipinski definition) is 0. The molecule has 0 atom stereocenters. The van der Waals surface area contributed by atoms with Crippen molar-refractivity contribution in [2.24, 2.45) is 0 Å². The van der Waals surface area contributed by atoms with E-state index in [4.69, 9.17) is 4.74 Å². The smallest absolute Gasteiger partial charge is 0.261 e. The average Bonchev–Trinajstić information content (AvgIpc) is 3.15. The molecular weight excluding hydrogens is 309 g/mol. The fraction of sp³-hybridized carbons (Fsp3) is 0.333. The van der Waals surface area contributed by atoms with Crippen LogP contribution in [0.5, 0.6) is 5.75 Å². The maximum atomic E-state index is 14.4. The third-order valence-corrected chi connectivity index (χ3v) is 4.25. The van der Waals surface area contributed by atoms with Crippen molar-refractivity contribution in [3.8, 4) is 5.75 Å². The number of carbonyl (C=O) groups is 1. The van der Waals surface area contributed by atoms with Crippen LogP contribution in [0.4, 0.5) is 15.9 Å². The molecular formula is C18H20FN3O2. The van der Waals surface area contributed by atoms with E-state index < -0.39 is 11.7 Å². The first kappa shape index (κ1) is 16.2. The van der Waals surface area contributed by atoms with E-state index in [9.17, 15) is 9.18 Å². The molecule has 1 fully saturated rings. The van der Waals surface area contributed by atoms with Crippen molar-refractivity contribution >= 4 is 17.4 Å². The fourth-order valence-corrected chi connectivity index (χ4v) is 2.95. The van der Waals surface area contributed by atoms with Crippen LogP contribution in [0.15, 0.2) is 36.5 Å². The lowest BCUT2D eigenvalue weighted by Crippen LogP contribution is -2.30. The molecule has 24 heavy (non-hydrogen) atoms. The Kier molecular flexibility index (Phi) is 4.64. The van der Waals surface area contributed by atoms with Crippen LogP contribution in [-0.2, 0) is 0 Å². The minimum absolute atomic E-state index is 0.0203. The van der Waals surface area contributed by atoms with Crippen LogP contribution in [0.2, 0.25) is 0 Å². The van der Waals surface area contributed by atoms with Crippen molar-refractivity contribution in [3.05, 3.63) is 47.9 Å². The van der Waals surface area contributed by atoms with Gasteiger partial charge in [-0.2, -0.15) is 0 Å². The predicted molar refractivity (Wildman–Crippen MR) is 91.4 cm³/mol. The maximum Gasteiger partial charge on any atom is 0.261 e. The molecule has 3 rings (SSSR count). The Balaban J connectivity index is 1.95. The molecule has 1 aromatic heterocycles. The second-order valence-electron chi connectivity index (χ2n) is 5.73. The van der Waals surface area contributed by atoms with E-state index in [0.29, 0.717) is 5.69 Å². The molecule has 1 aromatic carbocycles. The molecule has 5 nitrogen and oxygen atoms in total. The molecule has 1 aliphatic heterocycles. The van der Waals surface area contributed by atoms with Crippen LogP contribution >= 0.6 is 0 Å². The Morgan fingerprint density at radius 2 is 2.00 bits per heavy atom. The highest BCUT2D eigenvalue weighted by Crippen LogP contribution is 2.30. The number of anilines is 2. The van der Waals surface area contributed by atoms with E-state index in [1.54, 1.807) is 25.4 Å². The van der Waals surface area contributed by atoms with Gasteiger partial charge in [0.1, 0.15) is 0 Å². The summed E-state index contributed by atoms with van der Waals surface area (Å²) in [5.41, 5.74) is 0.652. The van der Waals surface area contributed by atoms with Crippen molar-refractivity contribution in [1.82, 2.24) is 4.98 Å². The molecule has 1 amide bonds. The van der Waals surface area contributed by atoms with Crippen LogP contribution in [0.25, 0.3) is 0 Å². The molecule has 1 saturated heterocycles. The summed E-state index contributed by atoms with van der Waals surface area (Å²) in [5.74, 6) is -0.266. The Hall–Kier alpha value is -2.63. The first-order valence-electron chi connectivity index (χ1n) is 7.94. The number of carbonyl (C=O) groups excluding carboxylic acids is 1. The van der Waals surface area contributed by atoms with Crippen LogP contribution in [0.3, 0.4) is 0 Å². The Morgan fingerprint density at radius 1 is 1.25 bits per heavy atom. The van der Waals surface area contributed by atoms with E-state index in [2.05, 4.69) is 9.88 Å². The monoisotopic (exact) mass is 329 g/mol. The van der Waals surface area contributed by atoms with Gasteiger partial charge in [-0.1, -0.05) is 6.07 Å². The second kappa shape index (κ2) is 6.86. The number of aromatic nitrogens is 1. The second-order valence-corrected chi connectivity index (χ2v) is 5.73. The van der Waals surface area contributed by atoms with Crippen molar-refractivity contribution in [2.45, 2.75) is 12.8 Å². The number of nitrogens with zero attached hydrogens (tertiary/aromatic N) is 3. The van der Waals surface area contributed by atoms with Gasteiger partial charge in [0.25, 0.3) is 5.91 Å². The van der Waals surface area contributed by atoms with Gasteiger partial charge in [0.05, 0.1) is 18.4 Å². The quantitative estimate of drug-likeness (QED) is 0.865. The van der Waals surface area contributed by atoms with Crippen molar-refractivity contribution in [2.75, 3.05) is 37.0 Å². The van der Waals surface area contributed by atoms with Gasteiger partial charge in [0.15, 0.2) is 17.4 Å². The van der Waals surface area contributed by atoms with Gasteiger partial charge >= 0.3 is 0 Å². The SMILES string of the molecule is COc1cccc(C(=O)N(C)c2cccnc2N2CCCC2)c1F. The predicted octanol–water partition coefficient (Wildman–Crippen LogP) is 3.11. The number of methoxy groups -OCH3 is 1. The van der Waals surface area contributed by atoms with Gasteiger partial charge in [0.2, 0.25) is 0 Å². The van der Waals surface area contributed by atoms with Gasteiger partial charge in [0, 0.05) is 26.3 Å². The lowest BCUT2D eigenvalue weighted by Gasteiger charge is -2.25. The number of amides is 1. The number of rotatable bonds is 4. The molecule has 0 aliphatic carbocycles. The van der Waals surface area contributed by atoms with E-state index in [1.165, 1.54) is 24.1 Å². The summed E-state index contributed by atoms with van der Waals surface area (Å²) in [6.45, 7) is 1.83. The third-order valence-electron chi connectivity index (χ3n) is 4.25. The van der Waals surface area contributed by atoms with Gasteiger partial charge in [-0.15, -0.1) is 0 Å². The lowest BCUT2D eigenvalue weighted by atomic mass is 10.1. The van der Waals surface area contributed by atoms with E-state index in [1.807, 2.05) is 6.07 Å². The lowest BCUT2D eigenvalue weighted by molar-refractivity contribution is 0.0988. The summed E-state index contributed by atoms with van der Waals surface area (Å²) in [6, 6.07) is 8.17. The van der Waals surface area contributed by atoms with Crippen LogP contribution in [-0.4, -0.2) is 38.1 Å². The highest BCUT2D eigenvalue weighted by atomic mass is 19.1. The normalized spacial score (nSPS) is 13.9. The van der Waals surface area contributed by atoms with Crippen molar-refractivity contribution in [3.63, 3.8) is 0 Å². The Labute approximate surface area is 140 Å². The van der Waals surface area contributed by atoms with Crippen molar-refractivity contribution in [1.29, 1.82) is 0 Å². The summed E-state index contributed by atoms with van der Waals surface area (Å²) in [5, 5.41) is 0. The highest BCUT2D eigenvalue weighted by Gasteiger charge is 2.24. The van der Waals surface area contributed by atoms with Crippen molar-refractivity contribution < 1.29 is 13.9 Å². The molecule has 126 valence electrons. The summed E-state index contributed by atoms with van der Waals surface area (Å²) < 4.78 is 19.4. The molecule has 1 aliphatic rings. The summed E-state index contributed by atoms with van der Waals surface area (Å²) in [4.78, 5) is 20.8. The van der Waals surface area contributed by atoms with Gasteiger partial charge in [-0.25, -0.2) is 9.37 Å². The standard InChI is InChI=1S/C18H20FN3O2/c1-21(18(23)13-7-5-9-15(24-2)16(13)19)14-8-6-10-20-17(14)22-11-3-4-12-22/h5-10H,3-4,11-12H2,1-2H3. The molecule has 6 heteroatoms. The zero-order valence-electron chi connectivity index (χ0n) is 13.8. The number of hydrogen-bond acceptors (Lipinski definition) is 4. The van der Waals surface area contributed by atoms with Gasteiger partial charge in [-0.05, 0) is 37.1 Å². The fourth-order valence-electron chi connectivity index (χ4n) is 2.95. The first-order chi connectivity index (χ1) is 11.6. The molecule has 2 heterocycles. The Bertz CT molecular complexity index is 745. The summed E-state index contributed by atoms with van der Waals surface area (Å²) >= 11 is 0. The van der Waals surface area contributed by atoms with Crippen LogP contribution < -0.4 is 14.5 Å². The number of halogens is 1. The maximum absolute atomic E-state index is 14.4. The molecule has 2 aromatic rings. The van der Waals surface area contributed by atoms with E-state index in [0.717, 1.165) is 31.7 Å². The number of ether oxygens (including phenoxy) is 1. The summed E-state index contributed by atoms with van der Waals surface area (Å²) in [7, 11) is 3.01. The van der Waals surface area contributed by atoms with E-state index in [-0.39, 0.29) is 11.3 Å². The molecule has 0 unspecified atom stereocenters. The van der Waals surface area contributed by atoms with E-state index >= 15 is 0 Å². The topological polar surface area (TPSA) is 45.7 Å². The summed E-state index contributed by atoms with van der Waals surface area (Å²) in [6.07, 6.45) is 3.93.